The average molecular weight is 316 g/mol. The Bertz CT molecular complexity index is 789. The van der Waals surface area contributed by atoms with E-state index in [9.17, 15) is 4.79 Å². The topological polar surface area (TPSA) is 78.1 Å². The first-order valence-electron chi connectivity index (χ1n) is 6.38. The van der Waals surface area contributed by atoms with E-state index in [0.717, 1.165) is 5.56 Å². The molecule has 22 heavy (non-hydrogen) atoms. The van der Waals surface area contributed by atoms with Crippen LogP contribution in [-0.4, -0.2) is 21.1 Å². The molecule has 0 aliphatic carbocycles. The second-order valence-corrected chi connectivity index (χ2v) is 4.77. The highest BCUT2D eigenvalue weighted by atomic mass is 35.5. The van der Waals surface area contributed by atoms with Gasteiger partial charge in [0, 0.05) is 23.0 Å². The summed E-state index contributed by atoms with van der Waals surface area (Å²) in [5, 5.41) is 4.41. The third kappa shape index (κ3) is 3.29. The van der Waals surface area contributed by atoms with Crippen LogP contribution in [0, 0.1) is 0 Å². The van der Waals surface area contributed by atoms with Crippen LogP contribution in [0.3, 0.4) is 0 Å². The molecule has 0 spiro atoms. The maximum absolute atomic E-state index is 11.8. The van der Waals surface area contributed by atoms with Gasteiger partial charge >= 0.3 is 5.97 Å². The van der Waals surface area contributed by atoms with E-state index in [2.05, 4.69) is 15.1 Å². The molecule has 0 aliphatic heterocycles. The molecule has 3 rings (SSSR count). The predicted octanol–water partition coefficient (Wildman–Crippen LogP) is 3.14. The molecule has 0 saturated carbocycles. The second kappa shape index (κ2) is 6.36. The summed E-state index contributed by atoms with van der Waals surface area (Å²) in [6.07, 6.45) is 3.03. The standard InChI is InChI=1S/C15H10ClN3O3/c16-12-3-1-2-11(8-12)14-18-13(22-19-14)9-21-15(20)10-4-6-17-7-5-10/h1-8H,9H2. The van der Waals surface area contributed by atoms with E-state index in [1.54, 1.807) is 30.3 Å². The molecule has 0 aliphatic rings. The lowest BCUT2D eigenvalue weighted by Crippen LogP contribution is -2.05. The fourth-order valence-corrected chi connectivity index (χ4v) is 1.95. The molecule has 6 nitrogen and oxygen atoms in total. The number of halogens is 1. The smallest absolute Gasteiger partial charge is 0.338 e. The molecule has 0 saturated heterocycles. The van der Waals surface area contributed by atoms with E-state index >= 15 is 0 Å². The molecule has 0 amide bonds. The summed E-state index contributed by atoms with van der Waals surface area (Å²) in [6, 6.07) is 10.2. The SMILES string of the molecule is O=C(OCc1nc(-c2cccc(Cl)c2)no1)c1ccncc1. The summed E-state index contributed by atoms with van der Waals surface area (Å²) in [5.74, 6) is 0.111. The molecule has 0 unspecified atom stereocenters. The van der Waals surface area contributed by atoms with Gasteiger partial charge in [-0.25, -0.2) is 4.79 Å². The Balaban J connectivity index is 1.66. The van der Waals surface area contributed by atoms with E-state index in [0.29, 0.717) is 16.4 Å². The number of carbonyl (C=O) groups is 1. The number of esters is 1. The Kier molecular flexibility index (Phi) is 4.11. The van der Waals surface area contributed by atoms with Crippen molar-refractivity contribution < 1.29 is 14.1 Å². The van der Waals surface area contributed by atoms with Crippen LogP contribution in [0.1, 0.15) is 16.2 Å². The van der Waals surface area contributed by atoms with E-state index < -0.39 is 5.97 Å². The zero-order chi connectivity index (χ0) is 15.4. The van der Waals surface area contributed by atoms with Crippen LogP contribution in [0.5, 0.6) is 0 Å². The highest BCUT2D eigenvalue weighted by Crippen LogP contribution is 2.20. The molecular formula is C15H10ClN3O3. The lowest BCUT2D eigenvalue weighted by molar-refractivity contribution is 0.0429. The molecule has 110 valence electrons. The summed E-state index contributed by atoms with van der Waals surface area (Å²) in [5.41, 5.74) is 1.13. The minimum absolute atomic E-state index is 0.102. The van der Waals surface area contributed by atoms with Crippen molar-refractivity contribution >= 4 is 17.6 Å². The minimum atomic E-state index is -0.482. The first-order chi connectivity index (χ1) is 10.7. The minimum Gasteiger partial charge on any atom is -0.452 e. The number of ether oxygens (including phenoxy) is 1. The van der Waals surface area contributed by atoms with Crippen molar-refractivity contribution in [1.82, 2.24) is 15.1 Å². The van der Waals surface area contributed by atoms with Crippen LogP contribution in [0.15, 0.2) is 53.3 Å². The van der Waals surface area contributed by atoms with Gasteiger partial charge in [0.2, 0.25) is 5.82 Å². The van der Waals surface area contributed by atoms with Gasteiger partial charge in [-0.1, -0.05) is 28.9 Å². The quantitative estimate of drug-likeness (QED) is 0.688. The summed E-state index contributed by atoms with van der Waals surface area (Å²) in [7, 11) is 0. The molecule has 2 heterocycles. The van der Waals surface area contributed by atoms with Crippen molar-refractivity contribution in [2.24, 2.45) is 0 Å². The second-order valence-electron chi connectivity index (χ2n) is 4.33. The fraction of sp³-hybridized carbons (Fsp3) is 0.0667. The van der Waals surface area contributed by atoms with Gasteiger partial charge in [0.1, 0.15) is 0 Å². The number of hydrogen-bond donors (Lipinski definition) is 0. The normalized spacial score (nSPS) is 10.4. The van der Waals surface area contributed by atoms with Gasteiger partial charge in [-0.05, 0) is 24.3 Å². The monoisotopic (exact) mass is 315 g/mol. The van der Waals surface area contributed by atoms with Gasteiger partial charge in [0.25, 0.3) is 5.89 Å². The molecule has 0 fully saturated rings. The Morgan fingerprint density at radius 2 is 2.05 bits per heavy atom. The molecule has 0 N–H and O–H groups in total. The molecular weight excluding hydrogens is 306 g/mol. The summed E-state index contributed by atoms with van der Waals surface area (Å²) >= 11 is 5.91. The number of pyridine rings is 1. The van der Waals surface area contributed by atoms with Crippen LogP contribution in [0.2, 0.25) is 5.02 Å². The van der Waals surface area contributed by atoms with Crippen molar-refractivity contribution in [3.8, 4) is 11.4 Å². The molecule has 0 radical (unpaired) electrons. The van der Waals surface area contributed by atoms with Crippen LogP contribution < -0.4 is 0 Å². The summed E-state index contributed by atoms with van der Waals surface area (Å²) < 4.78 is 10.1. The van der Waals surface area contributed by atoms with Crippen LogP contribution >= 0.6 is 11.6 Å². The summed E-state index contributed by atoms with van der Waals surface area (Å²) in [4.78, 5) is 19.8. The highest BCUT2D eigenvalue weighted by Gasteiger charge is 2.12. The van der Waals surface area contributed by atoms with Gasteiger partial charge < -0.3 is 9.26 Å². The molecule has 3 aromatic rings. The van der Waals surface area contributed by atoms with E-state index in [-0.39, 0.29) is 12.5 Å². The number of hydrogen-bond acceptors (Lipinski definition) is 6. The van der Waals surface area contributed by atoms with E-state index in [4.69, 9.17) is 20.9 Å². The van der Waals surface area contributed by atoms with E-state index in [1.807, 2.05) is 6.07 Å². The number of benzene rings is 1. The zero-order valence-electron chi connectivity index (χ0n) is 11.3. The third-order valence-electron chi connectivity index (χ3n) is 2.79. The fourth-order valence-electron chi connectivity index (χ4n) is 1.76. The van der Waals surface area contributed by atoms with Crippen molar-refractivity contribution in [3.63, 3.8) is 0 Å². The lowest BCUT2D eigenvalue weighted by atomic mass is 10.2. The maximum atomic E-state index is 11.8. The average Bonchev–Trinajstić information content (AvgIpc) is 3.02. The third-order valence-corrected chi connectivity index (χ3v) is 3.03. The molecule has 1 aromatic carbocycles. The van der Waals surface area contributed by atoms with Crippen molar-refractivity contribution in [1.29, 1.82) is 0 Å². The Morgan fingerprint density at radius 3 is 2.82 bits per heavy atom. The zero-order valence-corrected chi connectivity index (χ0v) is 12.0. The van der Waals surface area contributed by atoms with Gasteiger partial charge in [-0.15, -0.1) is 0 Å². The van der Waals surface area contributed by atoms with Gasteiger partial charge in [0.15, 0.2) is 6.61 Å². The van der Waals surface area contributed by atoms with Crippen molar-refractivity contribution in [2.75, 3.05) is 0 Å². The molecule has 0 atom stereocenters. The van der Waals surface area contributed by atoms with Gasteiger partial charge in [0.05, 0.1) is 5.56 Å². The van der Waals surface area contributed by atoms with Gasteiger partial charge in [-0.3, -0.25) is 4.98 Å². The summed E-state index contributed by atoms with van der Waals surface area (Å²) in [6.45, 7) is -0.102. The predicted molar refractivity (Wildman–Crippen MR) is 78.1 cm³/mol. The highest BCUT2D eigenvalue weighted by molar-refractivity contribution is 6.30. The Labute approximate surface area is 130 Å². The van der Waals surface area contributed by atoms with Gasteiger partial charge in [-0.2, -0.15) is 4.98 Å². The largest absolute Gasteiger partial charge is 0.452 e. The van der Waals surface area contributed by atoms with Crippen LogP contribution in [0.25, 0.3) is 11.4 Å². The van der Waals surface area contributed by atoms with Crippen LogP contribution in [0.4, 0.5) is 0 Å². The number of rotatable bonds is 4. The van der Waals surface area contributed by atoms with Crippen LogP contribution in [-0.2, 0) is 11.3 Å². The maximum Gasteiger partial charge on any atom is 0.338 e. The molecule has 7 heteroatoms. The number of carbonyl (C=O) groups excluding carboxylic acids is 1. The van der Waals surface area contributed by atoms with Crippen molar-refractivity contribution in [3.05, 3.63) is 65.3 Å². The Morgan fingerprint density at radius 1 is 1.23 bits per heavy atom. The number of aromatic nitrogens is 3. The van der Waals surface area contributed by atoms with E-state index in [1.165, 1.54) is 12.4 Å². The first kappa shape index (κ1) is 14.2. The van der Waals surface area contributed by atoms with Crippen molar-refractivity contribution in [2.45, 2.75) is 6.61 Å². The first-order valence-corrected chi connectivity index (χ1v) is 6.76. The molecule has 2 aromatic heterocycles. The lowest BCUT2D eigenvalue weighted by Gasteiger charge is -2.00. The Hall–Kier alpha value is -2.73. The molecule has 0 bridgehead atoms. The number of nitrogens with zero attached hydrogens (tertiary/aromatic N) is 3.